The number of carbonyl (C=O) groups is 3. The van der Waals surface area contributed by atoms with Gasteiger partial charge in [0.1, 0.15) is 6.04 Å². The van der Waals surface area contributed by atoms with Crippen molar-refractivity contribution in [2.24, 2.45) is 5.92 Å². The third-order valence-electron chi connectivity index (χ3n) is 4.73. The van der Waals surface area contributed by atoms with Crippen molar-refractivity contribution in [2.75, 3.05) is 19.7 Å². The maximum atomic E-state index is 12.7. The lowest BCUT2D eigenvalue weighted by atomic mass is 9.88. The van der Waals surface area contributed by atoms with Crippen molar-refractivity contribution >= 4 is 17.8 Å². The van der Waals surface area contributed by atoms with Gasteiger partial charge in [0.2, 0.25) is 11.8 Å². The standard InChI is InChI=1S/C17H28N2O4/c1-2-23-15(20)10-11-18-16(21)14-9-6-12-19(14)17(22)13-7-4-3-5-8-13/h13-14H,2-12H2,1H3,(H,18,21)/t14-/m0/s1. The molecule has 2 aliphatic rings. The molecule has 130 valence electrons. The zero-order chi connectivity index (χ0) is 16.7. The Morgan fingerprint density at radius 2 is 1.83 bits per heavy atom. The van der Waals surface area contributed by atoms with Gasteiger partial charge in [0.25, 0.3) is 0 Å². The van der Waals surface area contributed by atoms with Crippen molar-refractivity contribution in [3.05, 3.63) is 0 Å². The number of ether oxygens (including phenoxy) is 1. The number of nitrogens with one attached hydrogen (secondary N) is 1. The molecule has 6 heteroatoms. The topological polar surface area (TPSA) is 75.7 Å². The molecular weight excluding hydrogens is 296 g/mol. The van der Waals surface area contributed by atoms with Crippen LogP contribution in [0.2, 0.25) is 0 Å². The molecule has 2 rings (SSSR count). The third kappa shape index (κ3) is 4.94. The quantitative estimate of drug-likeness (QED) is 0.754. The summed E-state index contributed by atoms with van der Waals surface area (Å²) in [5, 5.41) is 2.77. The van der Waals surface area contributed by atoms with Crippen LogP contribution in [-0.4, -0.2) is 48.4 Å². The van der Waals surface area contributed by atoms with Gasteiger partial charge in [-0.05, 0) is 32.6 Å². The Balaban J connectivity index is 1.81. The van der Waals surface area contributed by atoms with Gasteiger partial charge in [0.15, 0.2) is 0 Å². The second-order valence-corrected chi connectivity index (χ2v) is 6.37. The summed E-state index contributed by atoms with van der Waals surface area (Å²) in [7, 11) is 0. The molecule has 1 aliphatic heterocycles. The number of likely N-dealkylation sites (tertiary alicyclic amines) is 1. The van der Waals surface area contributed by atoms with Crippen LogP contribution in [0.4, 0.5) is 0 Å². The molecule has 0 bridgehead atoms. The van der Waals surface area contributed by atoms with Gasteiger partial charge in [-0.2, -0.15) is 0 Å². The highest BCUT2D eigenvalue weighted by molar-refractivity contribution is 5.89. The minimum Gasteiger partial charge on any atom is -0.466 e. The average molecular weight is 324 g/mol. The number of carbonyl (C=O) groups excluding carboxylic acids is 3. The molecule has 0 spiro atoms. The van der Waals surface area contributed by atoms with Gasteiger partial charge >= 0.3 is 5.97 Å². The van der Waals surface area contributed by atoms with Crippen LogP contribution in [0.5, 0.6) is 0 Å². The van der Waals surface area contributed by atoms with Gasteiger partial charge in [-0.25, -0.2) is 0 Å². The zero-order valence-corrected chi connectivity index (χ0v) is 14.0. The van der Waals surface area contributed by atoms with Crippen LogP contribution in [0, 0.1) is 5.92 Å². The van der Waals surface area contributed by atoms with Crippen LogP contribution in [0.15, 0.2) is 0 Å². The lowest BCUT2D eigenvalue weighted by Gasteiger charge is -2.30. The summed E-state index contributed by atoms with van der Waals surface area (Å²) >= 11 is 0. The first-order valence-corrected chi connectivity index (χ1v) is 8.87. The lowest BCUT2D eigenvalue weighted by Crippen LogP contribution is -2.48. The first-order chi connectivity index (χ1) is 11.1. The van der Waals surface area contributed by atoms with E-state index in [-0.39, 0.29) is 42.7 Å². The highest BCUT2D eigenvalue weighted by Gasteiger charge is 2.37. The largest absolute Gasteiger partial charge is 0.466 e. The zero-order valence-electron chi connectivity index (χ0n) is 14.0. The molecule has 1 aliphatic carbocycles. The van der Waals surface area contributed by atoms with Crippen LogP contribution >= 0.6 is 0 Å². The molecule has 2 amide bonds. The van der Waals surface area contributed by atoms with Crippen molar-refractivity contribution in [3.63, 3.8) is 0 Å². The third-order valence-corrected chi connectivity index (χ3v) is 4.73. The van der Waals surface area contributed by atoms with Gasteiger partial charge in [-0.1, -0.05) is 19.3 Å². The minimum atomic E-state index is -0.369. The fourth-order valence-electron chi connectivity index (χ4n) is 3.53. The number of hydrogen-bond donors (Lipinski definition) is 1. The molecule has 1 atom stereocenters. The number of esters is 1. The molecule has 2 fully saturated rings. The summed E-state index contributed by atoms with van der Waals surface area (Å²) in [5.41, 5.74) is 0. The van der Waals surface area contributed by atoms with Crippen molar-refractivity contribution in [1.29, 1.82) is 0 Å². The summed E-state index contributed by atoms with van der Waals surface area (Å²) in [4.78, 5) is 38.0. The van der Waals surface area contributed by atoms with E-state index in [0.29, 0.717) is 19.6 Å². The molecule has 1 saturated heterocycles. The van der Waals surface area contributed by atoms with E-state index in [9.17, 15) is 14.4 Å². The summed E-state index contributed by atoms with van der Waals surface area (Å²) in [6.45, 7) is 3.04. The van der Waals surface area contributed by atoms with Gasteiger partial charge in [-0.15, -0.1) is 0 Å². The molecule has 1 N–H and O–H groups in total. The Labute approximate surface area is 137 Å². The van der Waals surface area contributed by atoms with Gasteiger partial charge in [-0.3, -0.25) is 14.4 Å². The summed E-state index contributed by atoms with van der Waals surface area (Å²) in [6, 6.07) is -0.369. The normalized spacial score (nSPS) is 22.0. The molecule has 0 radical (unpaired) electrons. The molecule has 0 aromatic rings. The van der Waals surface area contributed by atoms with E-state index in [4.69, 9.17) is 4.74 Å². The Morgan fingerprint density at radius 3 is 2.52 bits per heavy atom. The predicted molar refractivity (Wildman–Crippen MR) is 85.6 cm³/mol. The molecular formula is C17H28N2O4. The Bertz CT molecular complexity index is 432. The maximum Gasteiger partial charge on any atom is 0.307 e. The van der Waals surface area contributed by atoms with Crippen LogP contribution < -0.4 is 5.32 Å². The second kappa shape index (κ2) is 8.89. The molecule has 0 aromatic heterocycles. The molecule has 1 saturated carbocycles. The fourth-order valence-corrected chi connectivity index (χ4v) is 3.53. The second-order valence-electron chi connectivity index (χ2n) is 6.37. The van der Waals surface area contributed by atoms with Gasteiger partial charge in [0.05, 0.1) is 13.0 Å². The summed E-state index contributed by atoms with van der Waals surface area (Å²) < 4.78 is 4.83. The Hall–Kier alpha value is -1.59. The Morgan fingerprint density at radius 1 is 1.09 bits per heavy atom. The summed E-state index contributed by atoms with van der Waals surface area (Å²) in [6.07, 6.45) is 7.09. The first kappa shape index (κ1) is 17.8. The van der Waals surface area contributed by atoms with Crippen molar-refractivity contribution < 1.29 is 19.1 Å². The van der Waals surface area contributed by atoms with E-state index >= 15 is 0 Å². The van der Waals surface area contributed by atoms with Gasteiger partial charge < -0.3 is 15.0 Å². The Kier molecular flexibility index (Phi) is 6.86. The van der Waals surface area contributed by atoms with E-state index in [2.05, 4.69) is 5.32 Å². The number of hydrogen-bond acceptors (Lipinski definition) is 4. The molecule has 0 unspecified atom stereocenters. The number of amides is 2. The van der Waals surface area contributed by atoms with E-state index < -0.39 is 0 Å². The van der Waals surface area contributed by atoms with Crippen LogP contribution in [0.3, 0.4) is 0 Å². The van der Waals surface area contributed by atoms with Crippen molar-refractivity contribution in [3.8, 4) is 0 Å². The van der Waals surface area contributed by atoms with Crippen LogP contribution in [0.25, 0.3) is 0 Å². The molecule has 23 heavy (non-hydrogen) atoms. The SMILES string of the molecule is CCOC(=O)CCNC(=O)[C@@H]1CCCN1C(=O)C1CCCCC1. The lowest BCUT2D eigenvalue weighted by molar-refractivity contribution is -0.144. The predicted octanol–water partition coefficient (Wildman–Crippen LogP) is 1.63. The summed E-state index contributed by atoms with van der Waals surface area (Å²) in [5.74, 6) is -0.213. The van der Waals surface area contributed by atoms with E-state index in [1.807, 2.05) is 0 Å². The van der Waals surface area contributed by atoms with Crippen molar-refractivity contribution in [1.82, 2.24) is 10.2 Å². The van der Waals surface area contributed by atoms with E-state index in [1.165, 1.54) is 6.42 Å². The van der Waals surface area contributed by atoms with Crippen LogP contribution in [-0.2, 0) is 19.1 Å². The van der Waals surface area contributed by atoms with E-state index in [1.54, 1.807) is 11.8 Å². The molecule has 0 aromatic carbocycles. The van der Waals surface area contributed by atoms with E-state index in [0.717, 1.165) is 32.1 Å². The maximum absolute atomic E-state index is 12.7. The molecule has 6 nitrogen and oxygen atoms in total. The number of nitrogens with zero attached hydrogens (tertiary/aromatic N) is 1. The monoisotopic (exact) mass is 324 g/mol. The fraction of sp³-hybridized carbons (Fsp3) is 0.824. The van der Waals surface area contributed by atoms with Crippen molar-refractivity contribution in [2.45, 2.75) is 64.3 Å². The highest BCUT2D eigenvalue weighted by Crippen LogP contribution is 2.28. The highest BCUT2D eigenvalue weighted by atomic mass is 16.5. The smallest absolute Gasteiger partial charge is 0.307 e. The number of rotatable bonds is 6. The van der Waals surface area contributed by atoms with Gasteiger partial charge in [0, 0.05) is 19.0 Å². The molecule has 1 heterocycles. The van der Waals surface area contributed by atoms with Crippen LogP contribution in [0.1, 0.15) is 58.3 Å². The average Bonchev–Trinajstić information content (AvgIpc) is 3.05. The minimum absolute atomic E-state index is 0.0941. The first-order valence-electron chi connectivity index (χ1n) is 8.87.